The molecule has 0 bridgehead atoms. The van der Waals surface area contributed by atoms with Gasteiger partial charge >= 0.3 is 0 Å². The number of anilines is 2. The van der Waals surface area contributed by atoms with Crippen LogP contribution in [-0.4, -0.2) is 51.0 Å². The Kier molecular flexibility index (Phi) is 5.23. The summed E-state index contributed by atoms with van der Waals surface area (Å²) >= 11 is 1.43. The molecule has 1 saturated heterocycles. The van der Waals surface area contributed by atoms with Crippen LogP contribution in [0, 0.1) is 0 Å². The molecule has 3 rings (SSSR count). The zero-order valence-electron chi connectivity index (χ0n) is 15.6. The quantitative estimate of drug-likeness (QED) is 0.854. The van der Waals surface area contributed by atoms with Crippen molar-refractivity contribution in [2.45, 2.75) is 31.1 Å². The molecule has 1 aliphatic heterocycles. The van der Waals surface area contributed by atoms with Gasteiger partial charge in [0.1, 0.15) is 10.7 Å². The third kappa shape index (κ3) is 3.84. The van der Waals surface area contributed by atoms with E-state index in [9.17, 15) is 8.42 Å². The highest BCUT2D eigenvalue weighted by Gasteiger charge is 2.26. The summed E-state index contributed by atoms with van der Waals surface area (Å²) in [6, 6.07) is 7.13. The predicted octanol–water partition coefficient (Wildman–Crippen LogP) is 2.07. The standard InChI is InChI=1S/C17H25N5O2S2/c1-17(2,3)15-19-16(25-20-15)22-11-9-21(10-12-22)13-7-5-6-8-14(13)26(23,24)18-4/h5-8,18H,9-12H2,1-4H3. The predicted molar refractivity (Wildman–Crippen MR) is 106 cm³/mol. The van der Waals surface area contributed by atoms with Gasteiger partial charge in [0, 0.05) is 43.1 Å². The Morgan fingerprint density at radius 2 is 1.69 bits per heavy atom. The molecule has 1 fully saturated rings. The summed E-state index contributed by atoms with van der Waals surface area (Å²) in [5.41, 5.74) is 0.686. The molecule has 0 spiro atoms. The molecular formula is C17H25N5O2S2. The van der Waals surface area contributed by atoms with E-state index in [4.69, 9.17) is 0 Å². The monoisotopic (exact) mass is 395 g/mol. The number of nitrogens with zero attached hydrogens (tertiary/aromatic N) is 4. The third-order valence-corrected chi connectivity index (χ3v) is 6.64. The third-order valence-electron chi connectivity index (χ3n) is 4.40. The van der Waals surface area contributed by atoms with Gasteiger partial charge in [-0.25, -0.2) is 18.1 Å². The van der Waals surface area contributed by atoms with E-state index in [-0.39, 0.29) is 5.41 Å². The molecule has 2 heterocycles. The van der Waals surface area contributed by atoms with Crippen molar-refractivity contribution in [1.82, 2.24) is 14.1 Å². The second kappa shape index (κ2) is 7.13. The molecule has 9 heteroatoms. The Hall–Kier alpha value is -1.71. The average molecular weight is 396 g/mol. The van der Waals surface area contributed by atoms with Crippen molar-refractivity contribution in [3.8, 4) is 0 Å². The Morgan fingerprint density at radius 1 is 1.08 bits per heavy atom. The molecule has 0 amide bonds. The van der Waals surface area contributed by atoms with Crippen LogP contribution in [0.25, 0.3) is 0 Å². The number of sulfonamides is 1. The molecule has 0 saturated carbocycles. The maximum atomic E-state index is 12.3. The number of benzene rings is 1. The van der Waals surface area contributed by atoms with Crippen molar-refractivity contribution in [3.05, 3.63) is 30.1 Å². The normalized spacial score (nSPS) is 16.2. The lowest BCUT2D eigenvalue weighted by Crippen LogP contribution is -2.47. The molecule has 0 radical (unpaired) electrons. The number of para-hydroxylation sites is 1. The van der Waals surface area contributed by atoms with Gasteiger partial charge in [0.25, 0.3) is 0 Å². The highest BCUT2D eigenvalue weighted by Crippen LogP contribution is 2.29. The second-order valence-corrected chi connectivity index (χ2v) is 9.89. The summed E-state index contributed by atoms with van der Waals surface area (Å²) in [6.07, 6.45) is 0. The lowest BCUT2D eigenvalue weighted by Gasteiger charge is -2.36. The highest BCUT2D eigenvalue weighted by molar-refractivity contribution is 7.89. The van der Waals surface area contributed by atoms with Crippen molar-refractivity contribution in [2.75, 3.05) is 43.0 Å². The van der Waals surface area contributed by atoms with Crippen molar-refractivity contribution in [3.63, 3.8) is 0 Å². The van der Waals surface area contributed by atoms with Crippen LogP contribution in [-0.2, 0) is 15.4 Å². The van der Waals surface area contributed by atoms with Crippen molar-refractivity contribution in [1.29, 1.82) is 0 Å². The van der Waals surface area contributed by atoms with Gasteiger partial charge in [-0.2, -0.15) is 4.37 Å². The van der Waals surface area contributed by atoms with Crippen LogP contribution >= 0.6 is 11.5 Å². The summed E-state index contributed by atoms with van der Waals surface area (Å²) < 4.78 is 31.5. The zero-order chi connectivity index (χ0) is 18.9. The highest BCUT2D eigenvalue weighted by atomic mass is 32.2. The van der Waals surface area contributed by atoms with E-state index in [1.807, 2.05) is 12.1 Å². The van der Waals surface area contributed by atoms with E-state index in [1.165, 1.54) is 18.6 Å². The first-order valence-electron chi connectivity index (χ1n) is 8.59. The maximum Gasteiger partial charge on any atom is 0.242 e. The first-order valence-corrected chi connectivity index (χ1v) is 10.8. The van der Waals surface area contributed by atoms with E-state index in [2.05, 4.69) is 44.7 Å². The largest absolute Gasteiger partial charge is 0.367 e. The van der Waals surface area contributed by atoms with Gasteiger partial charge < -0.3 is 9.80 Å². The van der Waals surface area contributed by atoms with Crippen LogP contribution in [0.15, 0.2) is 29.2 Å². The Labute approximate surface area is 159 Å². The minimum Gasteiger partial charge on any atom is -0.367 e. The second-order valence-electron chi connectivity index (χ2n) is 7.30. The minimum absolute atomic E-state index is 0.0585. The van der Waals surface area contributed by atoms with Gasteiger partial charge in [0.2, 0.25) is 15.2 Å². The number of aromatic nitrogens is 2. The zero-order valence-corrected chi connectivity index (χ0v) is 17.2. The number of piperazine rings is 1. The van der Waals surface area contributed by atoms with E-state index in [0.717, 1.165) is 42.8 Å². The van der Waals surface area contributed by atoms with Crippen molar-refractivity contribution in [2.24, 2.45) is 0 Å². The van der Waals surface area contributed by atoms with Crippen LogP contribution in [0.1, 0.15) is 26.6 Å². The number of rotatable bonds is 4. The van der Waals surface area contributed by atoms with E-state index >= 15 is 0 Å². The summed E-state index contributed by atoms with van der Waals surface area (Å²) in [5.74, 6) is 0.866. The molecule has 0 unspecified atom stereocenters. The average Bonchev–Trinajstić information content (AvgIpc) is 3.12. The first-order chi connectivity index (χ1) is 12.2. The molecule has 142 valence electrons. The summed E-state index contributed by atoms with van der Waals surface area (Å²) in [7, 11) is -2.05. The van der Waals surface area contributed by atoms with Gasteiger partial charge in [0.15, 0.2) is 0 Å². The maximum absolute atomic E-state index is 12.3. The lowest BCUT2D eigenvalue weighted by molar-refractivity contribution is 0.553. The van der Waals surface area contributed by atoms with E-state index < -0.39 is 10.0 Å². The van der Waals surface area contributed by atoms with Gasteiger partial charge in [-0.1, -0.05) is 32.9 Å². The number of hydrogen-bond acceptors (Lipinski definition) is 7. The van der Waals surface area contributed by atoms with Crippen LogP contribution in [0.2, 0.25) is 0 Å². The molecule has 1 aromatic carbocycles. The number of nitrogens with one attached hydrogen (secondary N) is 1. The SMILES string of the molecule is CNS(=O)(=O)c1ccccc1N1CCN(c2nc(C(C)(C)C)ns2)CC1. The summed E-state index contributed by atoms with van der Waals surface area (Å²) in [4.78, 5) is 9.34. The smallest absolute Gasteiger partial charge is 0.242 e. The fraction of sp³-hybridized carbons (Fsp3) is 0.529. The molecule has 7 nitrogen and oxygen atoms in total. The van der Waals surface area contributed by atoms with Gasteiger partial charge in [-0.3, -0.25) is 0 Å². The molecule has 1 aromatic heterocycles. The van der Waals surface area contributed by atoms with Crippen molar-refractivity contribution < 1.29 is 8.42 Å². The fourth-order valence-corrected chi connectivity index (χ4v) is 4.70. The van der Waals surface area contributed by atoms with Crippen LogP contribution < -0.4 is 14.5 Å². The molecule has 0 atom stereocenters. The summed E-state index contributed by atoms with van der Waals surface area (Å²) in [5, 5.41) is 0.936. The summed E-state index contributed by atoms with van der Waals surface area (Å²) in [6.45, 7) is 9.36. The van der Waals surface area contributed by atoms with Crippen LogP contribution in [0.5, 0.6) is 0 Å². The molecule has 1 N–H and O–H groups in total. The van der Waals surface area contributed by atoms with Crippen LogP contribution in [0.4, 0.5) is 10.8 Å². The van der Waals surface area contributed by atoms with Gasteiger partial charge in [0.05, 0.1) is 5.69 Å². The molecule has 0 aliphatic carbocycles. The lowest BCUT2D eigenvalue weighted by atomic mass is 9.96. The number of hydrogen-bond donors (Lipinski definition) is 1. The van der Waals surface area contributed by atoms with Crippen molar-refractivity contribution >= 4 is 32.4 Å². The fourth-order valence-electron chi connectivity index (χ4n) is 2.84. The molecule has 1 aliphatic rings. The Bertz CT molecular complexity index is 865. The topological polar surface area (TPSA) is 78.4 Å². The van der Waals surface area contributed by atoms with Gasteiger partial charge in [-0.15, -0.1) is 0 Å². The Balaban J connectivity index is 1.75. The van der Waals surface area contributed by atoms with E-state index in [1.54, 1.807) is 12.1 Å². The molecule has 26 heavy (non-hydrogen) atoms. The van der Waals surface area contributed by atoms with E-state index in [0.29, 0.717) is 4.90 Å². The Morgan fingerprint density at radius 3 is 2.27 bits per heavy atom. The first kappa shape index (κ1) is 19.1. The molecular weight excluding hydrogens is 370 g/mol. The minimum atomic E-state index is -3.48. The molecule has 2 aromatic rings. The van der Waals surface area contributed by atoms with Crippen LogP contribution in [0.3, 0.4) is 0 Å². The van der Waals surface area contributed by atoms with Gasteiger partial charge in [-0.05, 0) is 19.2 Å².